The van der Waals surface area contributed by atoms with E-state index in [1.165, 1.54) is 6.92 Å². The molecule has 0 aromatic carbocycles. The third-order valence-electron chi connectivity index (χ3n) is 3.36. The molecule has 0 radical (unpaired) electrons. The molecule has 1 rings (SSSR count). The number of aliphatic hydroxyl groups excluding tert-OH is 4. The van der Waals surface area contributed by atoms with Crippen LogP contribution in [0.15, 0.2) is 0 Å². The summed E-state index contributed by atoms with van der Waals surface area (Å²) >= 11 is 0. The minimum Gasteiger partial charge on any atom is -0.465 e. The van der Waals surface area contributed by atoms with Crippen molar-refractivity contribution in [1.82, 2.24) is 0 Å². The lowest BCUT2D eigenvalue weighted by molar-refractivity contribution is -0.303. The Bertz CT molecular complexity index is 322. The van der Waals surface area contributed by atoms with E-state index in [1.807, 2.05) is 0 Å². The van der Waals surface area contributed by atoms with Gasteiger partial charge in [-0.1, -0.05) is 6.92 Å². The Morgan fingerprint density at radius 1 is 1.53 bits per heavy atom. The smallest absolute Gasteiger partial charge is 0.366 e. The molecule has 0 saturated carbocycles. The van der Waals surface area contributed by atoms with Crippen molar-refractivity contribution in [1.29, 1.82) is 0 Å². The number of carbonyl (C=O) groups is 1. The first-order valence-corrected chi connectivity index (χ1v) is 5.90. The Morgan fingerprint density at radius 2 is 2.11 bits per heavy atom. The average molecular weight is 280 g/mol. The first-order chi connectivity index (χ1) is 8.76. The predicted molar refractivity (Wildman–Crippen MR) is 60.7 cm³/mol. The molecule has 0 aromatic rings. The van der Waals surface area contributed by atoms with E-state index in [9.17, 15) is 25.2 Å². The molecular weight excluding hydrogens is 260 g/mol. The molecule has 0 spiro atoms. The van der Waals surface area contributed by atoms with Crippen LogP contribution >= 0.6 is 0 Å². The number of esters is 1. The minimum absolute atomic E-state index is 0.403. The van der Waals surface area contributed by atoms with Gasteiger partial charge in [-0.05, 0) is 0 Å². The molecule has 1 saturated heterocycles. The van der Waals surface area contributed by atoms with Crippen LogP contribution in [0.2, 0.25) is 0 Å². The van der Waals surface area contributed by atoms with Gasteiger partial charge in [0.2, 0.25) is 0 Å². The molecule has 0 aromatic heterocycles. The van der Waals surface area contributed by atoms with E-state index in [0.29, 0.717) is 0 Å². The van der Waals surface area contributed by atoms with Crippen molar-refractivity contribution in [2.24, 2.45) is 5.92 Å². The topological polar surface area (TPSA) is 137 Å². The van der Waals surface area contributed by atoms with Gasteiger partial charge in [-0.3, -0.25) is 0 Å². The number of aliphatic hydroxyl groups is 5. The molecule has 5 N–H and O–H groups in total. The second-order valence-electron chi connectivity index (χ2n) is 4.73. The molecule has 1 aliphatic heterocycles. The lowest BCUT2D eigenvalue weighted by Gasteiger charge is -2.43. The Kier molecular flexibility index (Phi) is 5.25. The van der Waals surface area contributed by atoms with Crippen molar-refractivity contribution >= 4 is 5.97 Å². The van der Waals surface area contributed by atoms with Gasteiger partial charge in [-0.25, -0.2) is 4.79 Å². The van der Waals surface area contributed by atoms with Crippen molar-refractivity contribution in [2.45, 2.75) is 43.5 Å². The van der Waals surface area contributed by atoms with Crippen LogP contribution in [-0.2, 0) is 14.3 Å². The van der Waals surface area contributed by atoms with Crippen LogP contribution in [0.4, 0.5) is 0 Å². The maximum Gasteiger partial charge on any atom is 0.366 e. The largest absolute Gasteiger partial charge is 0.465 e. The van der Waals surface area contributed by atoms with Crippen LogP contribution in [0.25, 0.3) is 0 Å². The molecule has 2 unspecified atom stereocenters. The Hall–Kier alpha value is -0.770. The van der Waals surface area contributed by atoms with Crippen LogP contribution in [0.5, 0.6) is 0 Å². The van der Waals surface area contributed by atoms with Gasteiger partial charge in [0, 0.05) is 12.3 Å². The van der Waals surface area contributed by atoms with Crippen LogP contribution in [-0.4, -0.2) is 75.4 Å². The van der Waals surface area contributed by atoms with Crippen molar-refractivity contribution in [2.75, 3.05) is 13.7 Å². The maximum absolute atomic E-state index is 11.4. The molecule has 0 aliphatic carbocycles. The highest BCUT2D eigenvalue weighted by Gasteiger charge is 2.52. The number of hydrogen-bond donors (Lipinski definition) is 5. The molecular formula is C11H20O8. The highest BCUT2D eigenvalue weighted by Crippen LogP contribution is 2.34. The van der Waals surface area contributed by atoms with Gasteiger partial charge < -0.3 is 35.0 Å². The van der Waals surface area contributed by atoms with Crippen LogP contribution in [0.1, 0.15) is 13.3 Å². The van der Waals surface area contributed by atoms with Crippen molar-refractivity contribution in [3.05, 3.63) is 0 Å². The molecule has 0 bridgehead atoms. The summed E-state index contributed by atoms with van der Waals surface area (Å²) < 4.78 is 9.47. The van der Waals surface area contributed by atoms with Gasteiger partial charge in [0.15, 0.2) is 0 Å². The fourth-order valence-electron chi connectivity index (χ4n) is 2.07. The molecule has 8 nitrogen and oxygen atoms in total. The SMILES string of the molecule is COC(=O)C1(O)C[C@@H](O)[C@@H](C)C([C@H](O)[C@H](O)CO)O1. The van der Waals surface area contributed by atoms with Gasteiger partial charge in [0.1, 0.15) is 12.2 Å². The number of ether oxygens (including phenoxy) is 2. The Balaban J connectivity index is 2.94. The maximum atomic E-state index is 11.4. The van der Waals surface area contributed by atoms with E-state index < -0.39 is 55.1 Å². The third kappa shape index (κ3) is 3.22. The van der Waals surface area contributed by atoms with E-state index in [-0.39, 0.29) is 0 Å². The monoisotopic (exact) mass is 280 g/mol. The van der Waals surface area contributed by atoms with Gasteiger partial charge >= 0.3 is 5.97 Å². The standard InChI is InChI=1S/C11H20O8/c1-5-6(13)3-11(17,10(16)18-2)19-9(5)8(15)7(14)4-12/h5-9,12-15,17H,3-4H2,1-2H3/t5-,6-,7-,8-,9?,11?/m1/s1. The van der Waals surface area contributed by atoms with E-state index in [2.05, 4.69) is 4.74 Å². The summed E-state index contributed by atoms with van der Waals surface area (Å²) in [4.78, 5) is 11.4. The molecule has 1 aliphatic rings. The normalized spacial score (nSPS) is 38.6. The predicted octanol–water partition coefficient (Wildman–Crippen LogP) is -2.65. The zero-order valence-electron chi connectivity index (χ0n) is 10.8. The fraction of sp³-hybridized carbons (Fsp3) is 0.909. The minimum atomic E-state index is -2.39. The summed E-state index contributed by atoms with van der Waals surface area (Å²) in [6.07, 6.45) is -5.84. The van der Waals surface area contributed by atoms with Crippen molar-refractivity contribution in [3.8, 4) is 0 Å². The molecule has 6 atom stereocenters. The summed E-state index contributed by atoms with van der Waals surface area (Å²) in [5.74, 6) is -4.14. The Morgan fingerprint density at radius 3 is 2.58 bits per heavy atom. The highest BCUT2D eigenvalue weighted by molar-refractivity contribution is 5.77. The average Bonchev–Trinajstić information content (AvgIpc) is 2.40. The molecule has 8 heteroatoms. The molecule has 112 valence electrons. The number of carbonyl (C=O) groups excluding carboxylic acids is 1. The highest BCUT2D eigenvalue weighted by atomic mass is 16.7. The zero-order valence-corrected chi connectivity index (χ0v) is 10.8. The van der Waals surface area contributed by atoms with Gasteiger partial charge in [0.25, 0.3) is 5.79 Å². The summed E-state index contributed by atoms with van der Waals surface area (Å²) in [6, 6.07) is 0. The number of rotatable bonds is 4. The van der Waals surface area contributed by atoms with Crippen LogP contribution < -0.4 is 0 Å². The van der Waals surface area contributed by atoms with Crippen molar-refractivity contribution in [3.63, 3.8) is 0 Å². The zero-order chi connectivity index (χ0) is 14.8. The Labute approximate surface area is 110 Å². The van der Waals surface area contributed by atoms with E-state index in [4.69, 9.17) is 9.84 Å². The first-order valence-electron chi connectivity index (χ1n) is 5.90. The third-order valence-corrected chi connectivity index (χ3v) is 3.36. The summed E-state index contributed by atoms with van der Waals surface area (Å²) in [6.45, 7) is 0.806. The van der Waals surface area contributed by atoms with Crippen LogP contribution in [0.3, 0.4) is 0 Å². The van der Waals surface area contributed by atoms with Crippen LogP contribution in [0, 0.1) is 5.92 Å². The van der Waals surface area contributed by atoms with E-state index >= 15 is 0 Å². The van der Waals surface area contributed by atoms with Crippen molar-refractivity contribution < 1.29 is 39.8 Å². The lowest BCUT2D eigenvalue weighted by Crippen LogP contribution is -2.60. The molecule has 19 heavy (non-hydrogen) atoms. The van der Waals surface area contributed by atoms with Gasteiger partial charge in [0.05, 0.1) is 25.9 Å². The summed E-state index contributed by atoms with van der Waals surface area (Å²) in [5, 5.41) is 47.8. The van der Waals surface area contributed by atoms with Gasteiger partial charge in [-0.2, -0.15) is 0 Å². The summed E-state index contributed by atoms with van der Waals surface area (Å²) in [5.41, 5.74) is 0. The first kappa shape index (κ1) is 16.3. The summed E-state index contributed by atoms with van der Waals surface area (Å²) in [7, 11) is 1.04. The number of hydrogen-bond acceptors (Lipinski definition) is 8. The lowest BCUT2D eigenvalue weighted by atomic mass is 9.85. The van der Waals surface area contributed by atoms with E-state index in [0.717, 1.165) is 7.11 Å². The molecule has 1 heterocycles. The van der Waals surface area contributed by atoms with E-state index in [1.54, 1.807) is 0 Å². The molecule has 0 amide bonds. The number of methoxy groups -OCH3 is 1. The second-order valence-corrected chi connectivity index (χ2v) is 4.73. The molecule has 1 fully saturated rings. The quantitative estimate of drug-likeness (QED) is 0.352. The fourth-order valence-corrected chi connectivity index (χ4v) is 2.07. The van der Waals surface area contributed by atoms with Gasteiger partial charge in [-0.15, -0.1) is 0 Å². The second kappa shape index (κ2) is 6.12.